The third-order valence-corrected chi connectivity index (χ3v) is 4.69. The van der Waals surface area contributed by atoms with E-state index in [2.05, 4.69) is 36.9 Å². The largest absolute Gasteiger partial charge is 0.352 e. The normalized spacial score (nSPS) is 11.0. The van der Waals surface area contributed by atoms with E-state index in [4.69, 9.17) is 11.6 Å². The first-order valence-corrected chi connectivity index (χ1v) is 8.88. The number of aromatic nitrogens is 2. The number of aryl methyl sites for hydroxylation is 2. The Morgan fingerprint density at radius 1 is 1.29 bits per heavy atom. The summed E-state index contributed by atoms with van der Waals surface area (Å²) in [5.74, 6) is 0.825. The van der Waals surface area contributed by atoms with Crippen LogP contribution >= 0.6 is 27.5 Å². The topological polar surface area (TPSA) is 46.9 Å². The fourth-order valence-corrected chi connectivity index (χ4v) is 3.25. The van der Waals surface area contributed by atoms with Gasteiger partial charge >= 0.3 is 0 Å². The molecule has 0 aliphatic carbocycles. The van der Waals surface area contributed by atoms with Gasteiger partial charge in [-0.3, -0.25) is 4.79 Å². The second kappa shape index (κ2) is 7.36. The molecule has 1 amide bonds. The zero-order valence-electron chi connectivity index (χ0n) is 13.2. The van der Waals surface area contributed by atoms with Crippen LogP contribution in [-0.4, -0.2) is 22.0 Å². The molecule has 3 aromatic rings. The van der Waals surface area contributed by atoms with E-state index >= 15 is 0 Å². The molecular formula is C18H17BrClN3O. The van der Waals surface area contributed by atoms with Crippen LogP contribution in [0.25, 0.3) is 11.0 Å². The summed E-state index contributed by atoms with van der Waals surface area (Å²) >= 11 is 9.43. The molecule has 3 rings (SSSR count). The molecule has 0 saturated carbocycles. The number of benzene rings is 2. The fraction of sp³-hybridized carbons (Fsp3) is 0.222. The zero-order valence-corrected chi connectivity index (χ0v) is 15.6. The first kappa shape index (κ1) is 17.0. The molecule has 1 N–H and O–H groups in total. The number of halogens is 2. The van der Waals surface area contributed by atoms with Crippen LogP contribution in [0.15, 0.2) is 46.9 Å². The number of para-hydroxylation sites is 2. The molecule has 124 valence electrons. The number of fused-ring (bicyclic) bond motifs is 1. The van der Waals surface area contributed by atoms with Crippen molar-refractivity contribution >= 4 is 44.5 Å². The van der Waals surface area contributed by atoms with E-state index < -0.39 is 0 Å². The molecule has 6 heteroatoms. The number of nitrogens with one attached hydrogen (secondary N) is 1. The average Bonchev–Trinajstić information content (AvgIpc) is 2.89. The number of amides is 1. The Labute approximate surface area is 154 Å². The molecule has 0 saturated heterocycles. The number of hydrogen-bond acceptors (Lipinski definition) is 2. The summed E-state index contributed by atoms with van der Waals surface area (Å²) in [4.78, 5) is 16.8. The second-order valence-electron chi connectivity index (χ2n) is 5.53. The van der Waals surface area contributed by atoms with Crippen molar-refractivity contribution in [2.75, 3.05) is 6.54 Å². The van der Waals surface area contributed by atoms with E-state index in [1.54, 1.807) is 12.1 Å². The van der Waals surface area contributed by atoms with E-state index in [-0.39, 0.29) is 5.91 Å². The molecule has 1 heterocycles. The van der Waals surface area contributed by atoms with Gasteiger partial charge in [0.05, 0.1) is 21.6 Å². The zero-order chi connectivity index (χ0) is 17.1. The van der Waals surface area contributed by atoms with Crippen LogP contribution in [0.1, 0.15) is 22.6 Å². The average molecular weight is 407 g/mol. The van der Waals surface area contributed by atoms with E-state index in [0.717, 1.165) is 34.3 Å². The van der Waals surface area contributed by atoms with Crippen molar-refractivity contribution in [2.24, 2.45) is 0 Å². The van der Waals surface area contributed by atoms with Gasteiger partial charge in [-0.2, -0.15) is 0 Å². The highest BCUT2D eigenvalue weighted by Gasteiger charge is 2.11. The highest BCUT2D eigenvalue weighted by molar-refractivity contribution is 9.10. The molecule has 2 aromatic carbocycles. The van der Waals surface area contributed by atoms with E-state index in [9.17, 15) is 4.79 Å². The van der Waals surface area contributed by atoms with Gasteiger partial charge in [0.25, 0.3) is 5.91 Å². The minimum Gasteiger partial charge on any atom is -0.352 e. The Hall–Kier alpha value is -1.85. The van der Waals surface area contributed by atoms with Crippen LogP contribution in [0.4, 0.5) is 0 Å². The summed E-state index contributed by atoms with van der Waals surface area (Å²) in [5, 5.41) is 3.37. The lowest BCUT2D eigenvalue weighted by Crippen LogP contribution is -2.25. The maximum Gasteiger partial charge on any atom is 0.252 e. The molecule has 0 bridgehead atoms. The number of nitrogens with zero attached hydrogens (tertiary/aromatic N) is 2. The van der Waals surface area contributed by atoms with Crippen LogP contribution in [0.2, 0.25) is 5.02 Å². The Balaban J connectivity index is 1.60. The molecule has 0 atom stereocenters. The SMILES string of the molecule is Cc1nc2ccccc2n1CCCNC(=O)c1cc(Br)ccc1Cl. The van der Waals surface area contributed by atoms with E-state index in [1.165, 1.54) is 0 Å². The van der Waals surface area contributed by atoms with Crippen LogP contribution in [0.5, 0.6) is 0 Å². The molecule has 0 fully saturated rings. The van der Waals surface area contributed by atoms with Crippen molar-refractivity contribution in [3.05, 3.63) is 63.3 Å². The Kier molecular flexibility index (Phi) is 5.21. The molecule has 1 aromatic heterocycles. The van der Waals surface area contributed by atoms with Gasteiger partial charge in [0.1, 0.15) is 5.82 Å². The molecule has 24 heavy (non-hydrogen) atoms. The summed E-state index contributed by atoms with van der Waals surface area (Å²) in [6.07, 6.45) is 0.818. The molecule has 0 unspecified atom stereocenters. The summed E-state index contributed by atoms with van der Waals surface area (Å²) in [5.41, 5.74) is 2.60. The lowest BCUT2D eigenvalue weighted by atomic mass is 10.2. The monoisotopic (exact) mass is 405 g/mol. The first-order chi connectivity index (χ1) is 11.6. The molecule has 0 aliphatic rings. The second-order valence-corrected chi connectivity index (χ2v) is 6.86. The molecular weight excluding hydrogens is 390 g/mol. The third kappa shape index (κ3) is 3.62. The van der Waals surface area contributed by atoms with Crippen molar-refractivity contribution in [3.8, 4) is 0 Å². The standard InChI is InChI=1S/C18H17BrClN3O/c1-12-22-16-5-2-3-6-17(16)23(12)10-4-9-21-18(24)14-11-13(19)7-8-15(14)20/h2-3,5-8,11H,4,9-10H2,1H3,(H,21,24). The highest BCUT2D eigenvalue weighted by atomic mass is 79.9. The van der Waals surface area contributed by atoms with Crippen molar-refractivity contribution in [2.45, 2.75) is 19.9 Å². The lowest BCUT2D eigenvalue weighted by molar-refractivity contribution is 0.0953. The quantitative estimate of drug-likeness (QED) is 0.630. The predicted octanol–water partition coefficient (Wildman–Crippen LogP) is 4.58. The van der Waals surface area contributed by atoms with Gasteiger partial charge in [-0.05, 0) is 43.7 Å². The summed E-state index contributed by atoms with van der Waals surface area (Å²) in [6.45, 7) is 3.38. The van der Waals surface area contributed by atoms with Crippen LogP contribution in [0, 0.1) is 6.92 Å². The predicted molar refractivity (Wildman–Crippen MR) is 101 cm³/mol. The molecule has 4 nitrogen and oxygen atoms in total. The van der Waals surface area contributed by atoms with Crippen molar-refractivity contribution < 1.29 is 4.79 Å². The van der Waals surface area contributed by atoms with Gasteiger partial charge < -0.3 is 9.88 Å². The minimum absolute atomic E-state index is 0.159. The van der Waals surface area contributed by atoms with Gasteiger partial charge in [0, 0.05) is 17.6 Å². The Bertz CT molecular complexity index is 891. The number of imidazole rings is 1. The Morgan fingerprint density at radius 2 is 2.08 bits per heavy atom. The molecule has 0 radical (unpaired) electrons. The van der Waals surface area contributed by atoms with Gasteiger partial charge in [-0.15, -0.1) is 0 Å². The summed E-state index contributed by atoms with van der Waals surface area (Å²) in [6, 6.07) is 13.3. The number of hydrogen-bond donors (Lipinski definition) is 1. The fourth-order valence-electron chi connectivity index (χ4n) is 2.68. The smallest absolute Gasteiger partial charge is 0.252 e. The van der Waals surface area contributed by atoms with Crippen molar-refractivity contribution in [3.63, 3.8) is 0 Å². The molecule has 0 spiro atoms. The van der Waals surface area contributed by atoms with Gasteiger partial charge in [0.2, 0.25) is 0 Å². The Morgan fingerprint density at radius 3 is 2.92 bits per heavy atom. The van der Waals surface area contributed by atoms with Gasteiger partial charge in [0.15, 0.2) is 0 Å². The minimum atomic E-state index is -0.159. The molecule has 0 aliphatic heterocycles. The lowest BCUT2D eigenvalue weighted by Gasteiger charge is -2.09. The van der Waals surface area contributed by atoms with Gasteiger partial charge in [-0.1, -0.05) is 39.7 Å². The summed E-state index contributed by atoms with van der Waals surface area (Å²) in [7, 11) is 0. The third-order valence-electron chi connectivity index (χ3n) is 3.86. The summed E-state index contributed by atoms with van der Waals surface area (Å²) < 4.78 is 3.01. The highest BCUT2D eigenvalue weighted by Crippen LogP contribution is 2.21. The van der Waals surface area contributed by atoms with Crippen molar-refractivity contribution in [1.82, 2.24) is 14.9 Å². The van der Waals surface area contributed by atoms with Crippen LogP contribution in [0.3, 0.4) is 0 Å². The van der Waals surface area contributed by atoms with Gasteiger partial charge in [-0.25, -0.2) is 4.98 Å². The number of carbonyl (C=O) groups is 1. The van der Waals surface area contributed by atoms with Crippen LogP contribution in [-0.2, 0) is 6.54 Å². The maximum atomic E-state index is 12.2. The van der Waals surface area contributed by atoms with E-state index in [1.807, 2.05) is 31.2 Å². The maximum absolute atomic E-state index is 12.2. The number of carbonyl (C=O) groups excluding carboxylic acids is 1. The van der Waals surface area contributed by atoms with Crippen molar-refractivity contribution in [1.29, 1.82) is 0 Å². The first-order valence-electron chi connectivity index (χ1n) is 7.71. The number of rotatable bonds is 5. The van der Waals surface area contributed by atoms with E-state index in [0.29, 0.717) is 17.1 Å². The van der Waals surface area contributed by atoms with Crippen LogP contribution < -0.4 is 5.32 Å².